The van der Waals surface area contributed by atoms with E-state index in [4.69, 9.17) is 0 Å². The number of nitrogens with one attached hydrogen (secondary N) is 1. The Morgan fingerprint density at radius 2 is 2.12 bits per heavy atom. The van der Waals surface area contributed by atoms with E-state index < -0.39 is 0 Å². The van der Waals surface area contributed by atoms with Crippen molar-refractivity contribution in [2.24, 2.45) is 0 Å². The molecule has 4 rings (SSSR count). The summed E-state index contributed by atoms with van der Waals surface area (Å²) in [4.78, 5) is 31.5. The second-order valence-electron chi connectivity index (χ2n) is 6.44. The minimum absolute atomic E-state index is 0.116. The number of benzene rings is 1. The minimum atomic E-state index is -0.354. The molecule has 0 saturated heterocycles. The Kier molecular flexibility index (Phi) is 4.13. The summed E-state index contributed by atoms with van der Waals surface area (Å²) in [5, 5.41) is 2.87. The smallest absolute Gasteiger partial charge is 0.271 e. The van der Waals surface area contributed by atoms with Crippen molar-refractivity contribution in [3.8, 4) is 0 Å². The van der Waals surface area contributed by atoms with Crippen LogP contribution in [0, 0.1) is 0 Å². The molecule has 1 amide bonds. The SMILES string of the molecule is C[C@H](CNC(=O)c1cnc2sc3c(n2c1=O)CCC3)c1ccccc1. The molecule has 0 radical (unpaired) electrons. The van der Waals surface area contributed by atoms with Gasteiger partial charge in [0.15, 0.2) is 4.96 Å². The van der Waals surface area contributed by atoms with Crippen LogP contribution in [0.15, 0.2) is 41.3 Å². The molecule has 128 valence electrons. The van der Waals surface area contributed by atoms with E-state index in [1.165, 1.54) is 11.1 Å². The van der Waals surface area contributed by atoms with Gasteiger partial charge in [-0.1, -0.05) is 37.3 Å². The Bertz CT molecular complexity index is 991. The molecule has 1 aliphatic rings. The second-order valence-corrected chi connectivity index (χ2v) is 7.50. The number of fused-ring (bicyclic) bond motifs is 3. The third-order valence-corrected chi connectivity index (χ3v) is 5.89. The van der Waals surface area contributed by atoms with E-state index in [0.717, 1.165) is 30.5 Å². The molecule has 1 aromatic carbocycles. The fourth-order valence-corrected chi connectivity index (χ4v) is 4.47. The molecule has 0 unspecified atom stereocenters. The van der Waals surface area contributed by atoms with Crippen LogP contribution in [0.25, 0.3) is 4.96 Å². The van der Waals surface area contributed by atoms with Crippen LogP contribution in [0.5, 0.6) is 0 Å². The number of hydrogen-bond donors (Lipinski definition) is 1. The van der Waals surface area contributed by atoms with Gasteiger partial charge >= 0.3 is 0 Å². The van der Waals surface area contributed by atoms with Crippen molar-refractivity contribution in [2.75, 3.05) is 6.54 Å². The number of aryl methyl sites for hydroxylation is 2. The van der Waals surface area contributed by atoms with Crippen molar-refractivity contribution >= 4 is 22.2 Å². The lowest BCUT2D eigenvalue weighted by atomic mass is 10.0. The standard InChI is InChI=1S/C19H19N3O2S/c1-12(13-6-3-2-4-7-13)10-20-17(23)14-11-21-19-22(18(14)24)15-8-5-9-16(15)25-19/h2-4,6-7,11-12H,5,8-10H2,1H3,(H,20,23)/t12-/m1/s1. The summed E-state index contributed by atoms with van der Waals surface area (Å²) in [6.45, 7) is 2.53. The van der Waals surface area contributed by atoms with Gasteiger partial charge in [0.25, 0.3) is 11.5 Å². The van der Waals surface area contributed by atoms with Gasteiger partial charge in [-0.25, -0.2) is 4.98 Å². The highest BCUT2D eigenvalue weighted by atomic mass is 32.1. The van der Waals surface area contributed by atoms with Crippen LogP contribution in [-0.2, 0) is 12.8 Å². The third-order valence-electron chi connectivity index (χ3n) is 4.73. The van der Waals surface area contributed by atoms with Gasteiger partial charge in [-0.2, -0.15) is 0 Å². The maximum atomic E-state index is 12.8. The first kappa shape index (κ1) is 16.0. The Balaban J connectivity index is 1.56. The summed E-state index contributed by atoms with van der Waals surface area (Å²) >= 11 is 1.56. The number of nitrogens with zero attached hydrogens (tertiary/aromatic N) is 2. The number of thiazole rings is 1. The van der Waals surface area contributed by atoms with E-state index in [1.807, 2.05) is 30.3 Å². The highest BCUT2D eigenvalue weighted by Crippen LogP contribution is 2.28. The van der Waals surface area contributed by atoms with Crippen LogP contribution in [0.3, 0.4) is 0 Å². The number of carbonyl (C=O) groups excluding carboxylic acids is 1. The summed E-state index contributed by atoms with van der Waals surface area (Å²) < 4.78 is 1.63. The molecule has 2 heterocycles. The van der Waals surface area contributed by atoms with Crippen molar-refractivity contribution in [3.63, 3.8) is 0 Å². The van der Waals surface area contributed by atoms with Crippen molar-refractivity contribution in [1.82, 2.24) is 14.7 Å². The van der Waals surface area contributed by atoms with Crippen molar-refractivity contribution in [1.29, 1.82) is 0 Å². The predicted octanol–water partition coefficient (Wildman–Crippen LogP) is 2.78. The van der Waals surface area contributed by atoms with Gasteiger partial charge in [-0.05, 0) is 30.7 Å². The first-order valence-corrected chi connectivity index (χ1v) is 9.32. The molecule has 3 aromatic rings. The molecular weight excluding hydrogens is 334 g/mol. The maximum Gasteiger partial charge on any atom is 0.271 e. The van der Waals surface area contributed by atoms with Gasteiger partial charge in [0.1, 0.15) is 5.56 Å². The number of hydrogen-bond acceptors (Lipinski definition) is 4. The van der Waals surface area contributed by atoms with E-state index in [0.29, 0.717) is 11.5 Å². The molecule has 0 aliphatic heterocycles. The second kappa shape index (κ2) is 6.44. The monoisotopic (exact) mass is 353 g/mol. The number of rotatable bonds is 4. The van der Waals surface area contributed by atoms with Crippen LogP contribution in [0.1, 0.15) is 45.8 Å². The van der Waals surface area contributed by atoms with Gasteiger partial charge in [-0.15, -0.1) is 11.3 Å². The van der Waals surface area contributed by atoms with Crippen molar-refractivity contribution in [3.05, 3.63) is 68.6 Å². The molecule has 0 fully saturated rings. The Hall–Kier alpha value is -2.47. The molecule has 0 spiro atoms. The zero-order valence-electron chi connectivity index (χ0n) is 14.0. The summed E-state index contributed by atoms with van der Waals surface area (Å²) in [5.74, 6) is -0.178. The van der Waals surface area contributed by atoms with E-state index in [2.05, 4.69) is 17.2 Å². The number of aromatic nitrogens is 2. The van der Waals surface area contributed by atoms with Gasteiger partial charge in [0.05, 0.1) is 0 Å². The highest BCUT2D eigenvalue weighted by molar-refractivity contribution is 7.17. The lowest BCUT2D eigenvalue weighted by molar-refractivity contribution is 0.0949. The topological polar surface area (TPSA) is 63.5 Å². The molecule has 6 heteroatoms. The van der Waals surface area contributed by atoms with E-state index in [1.54, 1.807) is 15.7 Å². The largest absolute Gasteiger partial charge is 0.351 e. The number of carbonyl (C=O) groups is 1. The molecule has 5 nitrogen and oxygen atoms in total. The van der Waals surface area contributed by atoms with Crippen molar-refractivity contribution in [2.45, 2.75) is 32.1 Å². The molecule has 1 aliphatic carbocycles. The van der Waals surface area contributed by atoms with Gasteiger partial charge in [0, 0.05) is 23.3 Å². The molecule has 0 saturated carbocycles. The molecule has 1 atom stereocenters. The fraction of sp³-hybridized carbons (Fsp3) is 0.316. The average molecular weight is 353 g/mol. The van der Waals surface area contributed by atoms with Gasteiger partial charge in [0.2, 0.25) is 0 Å². The normalized spacial score (nSPS) is 14.4. The minimum Gasteiger partial charge on any atom is -0.351 e. The lowest BCUT2D eigenvalue weighted by Crippen LogP contribution is -2.33. The molecule has 25 heavy (non-hydrogen) atoms. The maximum absolute atomic E-state index is 12.8. The summed E-state index contributed by atoms with van der Waals surface area (Å²) in [7, 11) is 0. The Morgan fingerprint density at radius 3 is 2.92 bits per heavy atom. The molecule has 1 N–H and O–H groups in total. The van der Waals surface area contributed by atoms with Crippen LogP contribution < -0.4 is 10.9 Å². The first-order chi connectivity index (χ1) is 12.1. The Morgan fingerprint density at radius 1 is 1.32 bits per heavy atom. The summed E-state index contributed by atoms with van der Waals surface area (Å²) in [6.07, 6.45) is 4.35. The first-order valence-electron chi connectivity index (χ1n) is 8.50. The summed E-state index contributed by atoms with van der Waals surface area (Å²) in [5.41, 5.74) is 2.05. The molecular formula is C19H19N3O2S. The zero-order valence-corrected chi connectivity index (χ0v) is 14.8. The predicted molar refractivity (Wildman–Crippen MR) is 98.6 cm³/mol. The van der Waals surface area contributed by atoms with E-state index in [-0.39, 0.29) is 22.9 Å². The van der Waals surface area contributed by atoms with Gasteiger partial charge < -0.3 is 5.32 Å². The Labute approximate surface area is 149 Å². The van der Waals surface area contributed by atoms with Crippen LogP contribution in [0.2, 0.25) is 0 Å². The lowest BCUT2D eigenvalue weighted by Gasteiger charge is -2.13. The van der Waals surface area contributed by atoms with Crippen LogP contribution >= 0.6 is 11.3 Å². The van der Waals surface area contributed by atoms with Gasteiger partial charge in [-0.3, -0.25) is 14.0 Å². The fourth-order valence-electron chi connectivity index (χ4n) is 3.30. The van der Waals surface area contributed by atoms with E-state index in [9.17, 15) is 9.59 Å². The molecule has 0 bridgehead atoms. The average Bonchev–Trinajstić information content (AvgIpc) is 3.21. The molecule has 2 aromatic heterocycles. The number of amides is 1. The summed E-state index contributed by atoms with van der Waals surface area (Å²) in [6, 6.07) is 10.0. The third kappa shape index (κ3) is 2.87. The highest BCUT2D eigenvalue weighted by Gasteiger charge is 2.22. The van der Waals surface area contributed by atoms with Crippen LogP contribution in [0.4, 0.5) is 0 Å². The van der Waals surface area contributed by atoms with E-state index >= 15 is 0 Å². The van der Waals surface area contributed by atoms with Crippen LogP contribution in [-0.4, -0.2) is 21.8 Å². The zero-order chi connectivity index (χ0) is 17.4. The van der Waals surface area contributed by atoms with Crippen molar-refractivity contribution < 1.29 is 4.79 Å². The quantitative estimate of drug-likeness (QED) is 0.784.